The minimum absolute atomic E-state index is 0.230. The largest absolute Gasteiger partial charge is 0.491 e. The maximum absolute atomic E-state index is 13.8. The number of hydrogen-bond acceptors (Lipinski definition) is 10. The third-order valence-corrected chi connectivity index (χ3v) is 9.17. The van der Waals surface area contributed by atoms with Crippen molar-refractivity contribution in [1.82, 2.24) is 24.9 Å². The topological polar surface area (TPSA) is 132 Å². The number of anilines is 1. The van der Waals surface area contributed by atoms with Crippen molar-refractivity contribution in [3.05, 3.63) is 91.1 Å². The van der Waals surface area contributed by atoms with E-state index in [2.05, 4.69) is 73.4 Å². The Balaban J connectivity index is 0.00000428. The van der Waals surface area contributed by atoms with Crippen molar-refractivity contribution >= 4 is 41.3 Å². The van der Waals surface area contributed by atoms with Crippen molar-refractivity contribution in [2.45, 2.75) is 53.1 Å². The van der Waals surface area contributed by atoms with Crippen LogP contribution in [0.15, 0.2) is 106 Å². The van der Waals surface area contributed by atoms with Crippen LogP contribution in [0.25, 0.3) is 22.2 Å². The number of carbonyl (C=O) groups excluding carboxylic acids is 1. The molecular formula is C44H63N9O4. The Bertz CT molecular complexity index is 1870. The van der Waals surface area contributed by atoms with Crippen LogP contribution < -0.4 is 10.1 Å². The predicted molar refractivity (Wildman–Crippen MR) is 236 cm³/mol. The first-order chi connectivity index (χ1) is 27.7. The van der Waals surface area contributed by atoms with Gasteiger partial charge in [0.05, 0.1) is 17.8 Å². The molecule has 0 radical (unpaired) electrons. The van der Waals surface area contributed by atoms with Gasteiger partial charge in [-0.05, 0) is 88.1 Å². The number of likely N-dealkylation sites (N-methyl/N-ethyl adjacent to an activating group) is 1. The lowest BCUT2D eigenvalue weighted by atomic mass is 10.0. The number of nitrogens with zero attached hydrogens (tertiary/aromatic N) is 7. The summed E-state index contributed by atoms with van der Waals surface area (Å²) in [4.78, 5) is 33.4. The molecule has 3 aromatic rings. The smallest absolute Gasteiger partial charge is 0.257 e. The van der Waals surface area contributed by atoms with Crippen LogP contribution >= 0.6 is 0 Å². The quantitative estimate of drug-likeness (QED) is 0.0519. The van der Waals surface area contributed by atoms with Crippen molar-refractivity contribution in [3.63, 3.8) is 0 Å². The molecule has 1 atom stereocenters. The van der Waals surface area contributed by atoms with Crippen LogP contribution in [0.1, 0.15) is 47.5 Å². The summed E-state index contributed by atoms with van der Waals surface area (Å²) in [5, 5.41) is 11.7. The van der Waals surface area contributed by atoms with Crippen LogP contribution in [0.2, 0.25) is 0 Å². The average molecular weight is 782 g/mol. The molecule has 0 saturated carbocycles. The average Bonchev–Trinajstić information content (AvgIpc) is 3.66. The first kappa shape index (κ1) is 46.0. The van der Waals surface area contributed by atoms with Gasteiger partial charge in [0.25, 0.3) is 5.91 Å². The van der Waals surface area contributed by atoms with Crippen molar-refractivity contribution < 1.29 is 19.0 Å². The Morgan fingerprint density at radius 2 is 1.77 bits per heavy atom. The Labute approximate surface area is 339 Å². The Morgan fingerprint density at radius 1 is 1.05 bits per heavy atom. The number of aromatic nitrogens is 2. The molecule has 0 bridgehead atoms. The van der Waals surface area contributed by atoms with E-state index in [1.54, 1.807) is 20.3 Å². The summed E-state index contributed by atoms with van der Waals surface area (Å²) in [5.74, 6) is 1.91. The highest BCUT2D eigenvalue weighted by molar-refractivity contribution is 6.01. The minimum atomic E-state index is -1.11. The second-order valence-corrected chi connectivity index (χ2v) is 13.3. The van der Waals surface area contributed by atoms with E-state index in [0.29, 0.717) is 37.8 Å². The van der Waals surface area contributed by atoms with Gasteiger partial charge in [0, 0.05) is 88.2 Å². The van der Waals surface area contributed by atoms with E-state index in [4.69, 9.17) is 19.2 Å². The number of rotatable bonds is 20. The van der Waals surface area contributed by atoms with Crippen LogP contribution in [-0.2, 0) is 14.3 Å². The summed E-state index contributed by atoms with van der Waals surface area (Å²) >= 11 is 0. The van der Waals surface area contributed by atoms with Gasteiger partial charge in [-0.3, -0.25) is 14.8 Å². The highest BCUT2D eigenvalue weighted by Crippen LogP contribution is 2.30. The fourth-order valence-electron chi connectivity index (χ4n) is 6.22. The highest BCUT2D eigenvalue weighted by atomic mass is 16.5. The van der Waals surface area contributed by atoms with E-state index in [1.165, 1.54) is 11.9 Å². The third kappa shape index (κ3) is 13.7. The molecule has 1 aliphatic heterocycles. The maximum Gasteiger partial charge on any atom is 0.257 e. The number of piperazine rings is 1. The van der Waals surface area contributed by atoms with Crippen molar-refractivity contribution in [2.75, 3.05) is 79.1 Å². The summed E-state index contributed by atoms with van der Waals surface area (Å²) < 4.78 is 16.7. The number of benzene rings is 2. The fourth-order valence-corrected chi connectivity index (χ4v) is 6.22. The second-order valence-electron chi connectivity index (χ2n) is 13.3. The van der Waals surface area contributed by atoms with E-state index in [-0.39, 0.29) is 5.91 Å². The number of fused-ring (bicyclic) bond motifs is 1. The first-order valence-electron chi connectivity index (χ1n) is 19.7. The monoisotopic (exact) mass is 782 g/mol. The number of allylic oxidation sites excluding steroid dienone is 3. The zero-order valence-corrected chi connectivity index (χ0v) is 35.3. The molecule has 1 aromatic heterocycles. The highest BCUT2D eigenvalue weighted by Gasteiger charge is 2.35. The number of H-pyrrole nitrogens is 1. The van der Waals surface area contributed by atoms with Crippen LogP contribution in [-0.4, -0.2) is 129 Å². The van der Waals surface area contributed by atoms with Crippen LogP contribution in [0.5, 0.6) is 5.75 Å². The molecule has 1 fully saturated rings. The molecular weight excluding hydrogens is 719 g/mol. The van der Waals surface area contributed by atoms with Gasteiger partial charge >= 0.3 is 0 Å². The fraction of sp³-hybridized carbons (Fsp3) is 0.432. The minimum Gasteiger partial charge on any atom is -0.491 e. The van der Waals surface area contributed by atoms with Gasteiger partial charge in [0.1, 0.15) is 18.2 Å². The van der Waals surface area contributed by atoms with Crippen molar-refractivity contribution in [1.29, 1.82) is 0 Å². The second kappa shape index (κ2) is 24.3. The van der Waals surface area contributed by atoms with Crippen molar-refractivity contribution in [2.24, 2.45) is 15.0 Å². The summed E-state index contributed by atoms with van der Waals surface area (Å²) in [5.41, 5.74) is 3.35. The number of methoxy groups -OCH3 is 2. The van der Waals surface area contributed by atoms with Crippen molar-refractivity contribution in [3.8, 4) is 17.0 Å². The maximum atomic E-state index is 13.8. The predicted octanol–water partition coefficient (Wildman–Crippen LogP) is 7.59. The molecule has 1 saturated heterocycles. The number of hydrogen-bond donors (Lipinski definition) is 2. The molecule has 0 spiro atoms. The molecule has 4 rings (SSSR count). The lowest BCUT2D eigenvalue weighted by molar-refractivity contribution is -0.137. The van der Waals surface area contributed by atoms with Gasteiger partial charge in [0.2, 0.25) is 0 Å². The van der Waals surface area contributed by atoms with Gasteiger partial charge in [-0.25, -0.2) is 15.0 Å². The zero-order valence-electron chi connectivity index (χ0n) is 35.3. The van der Waals surface area contributed by atoms with Gasteiger partial charge in [-0.2, -0.15) is 5.10 Å². The number of ether oxygens (including phenoxy) is 3. The normalized spacial score (nSPS) is 15.2. The Morgan fingerprint density at radius 3 is 2.40 bits per heavy atom. The van der Waals surface area contributed by atoms with E-state index in [9.17, 15) is 4.79 Å². The van der Waals surface area contributed by atoms with Crippen LogP contribution in [0, 0.1) is 0 Å². The van der Waals surface area contributed by atoms with E-state index in [1.807, 2.05) is 88.7 Å². The number of aliphatic imine (C=N–C) groups is 3. The summed E-state index contributed by atoms with van der Waals surface area (Å²) in [6, 6.07) is 13.5. The van der Waals surface area contributed by atoms with Gasteiger partial charge in [0.15, 0.2) is 11.4 Å². The Kier molecular flexibility index (Phi) is 19.6. The third-order valence-electron chi connectivity index (χ3n) is 9.17. The molecule has 2 N–H and O–H groups in total. The van der Waals surface area contributed by atoms with E-state index >= 15 is 0 Å². The van der Waals surface area contributed by atoms with Gasteiger partial charge < -0.3 is 29.3 Å². The molecule has 0 aliphatic carbocycles. The van der Waals surface area contributed by atoms with Gasteiger partial charge in [-0.15, -0.1) is 0 Å². The number of nitrogens with one attached hydrogen (secondary N) is 2. The molecule has 2 heterocycles. The molecule has 308 valence electrons. The molecule has 13 nitrogen and oxygen atoms in total. The molecule has 13 heteroatoms. The van der Waals surface area contributed by atoms with E-state index < -0.39 is 5.60 Å². The Hall–Kier alpha value is -5.37. The van der Waals surface area contributed by atoms with Crippen LogP contribution in [0.3, 0.4) is 0 Å². The molecule has 2 aromatic carbocycles. The number of aromatic amines is 1. The van der Waals surface area contributed by atoms with Gasteiger partial charge in [-0.1, -0.05) is 46.4 Å². The van der Waals surface area contributed by atoms with Crippen LogP contribution in [0.4, 0.5) is 5.69 Å². The summed E-state index contributed by atoms with van der Waals surface area (Å²) in [6.45, 7) is 22.6. The SMILES string of the molecule is C=CN=C(/C=C/C=C(\N=C/CC)N1CCN(/C(=C/CC)CN(C)C[C@](C)(OC)C(=O)Nc2ccc3[nH]nc(-c4ccc(OCCOC)cc4)c3c2)CC1)N=C.CC. The molecule has 1 aliphatic rings. The lowest BCUT2D eigenvalue weighted by Gasteiger charge is -2.40. The summed E-state index contributed by atoms with van der Waals surface area (Å²) in [7, 11) is 5.25. The molecule has 1 amide bonds. The zero-order chi connectivity index (χ0) is 41.6. The summed E-state index contributed by atoms with van der Waals surface area (Å²) in [6.07, 6.45) is 13.0. The number of amidine groups is 1. The lowest BCUT2D eigenvalue weighted by Crippen LogP contribution is -2.51. The standard InChI is InChI=1S/C42H57N9O4.C2H6/c1-9-13-34(50-23-25-51(26-24-50)39(45-22-10-2)15-12-14-38(43-5)44-11-3)30-49(6)31-42(4,54-8)41(52)46-33-18-21-37-36(29-33)40(48-47-37)32-16-19-35(20-17-32)55-28-27-53-7;1-2/h11-22,29H,3,5,9-10,23-28,30-31H2,1-2,4,6-8H3,(H,46,52)(H,47,48);1-2H3/b14-12+,34-13+,39-15+,44-38?,45-22-;/t42-;/m0./s1. The number of amides is 1. The first-order valence-corrected chi connectivity index (χ1v) is 19.7. The van der Waals surface area contributed by atoms with E-state index in [0.717, 1.165) is 72.8 Å². The molecule has 0 unspecified atom stereocenters. The molecule has 57 heavy (non-hydrogen) atoms. The number of carbonyl (C=O) groups is 1.